The smallest absolute Gasteiger partial charge is 0.326 e. The highest BCUT2D eigenvalue weighted by Gasteiger charge is 2.36. The van der Waals surface area contributed by atoms with Crippen molar-refractivity contribution in [3.63, 3.8) is 0 Å². The minimum absolute atomic E-state index is 0.249. The summed E-state index contributed by atoms with van der Waals surface area (Å²) < 4.78 is 5.77. The van der Waals surface area contributed by atoms with Crippen LogP contribution in [0.15, 0.2) is 46.9 Å². The van der Waals surface area contributed by atoms with E-state index in [0.717, 1.165) is 14.9 Å². The van der Waals surface area contributed by atoms with Gasteiger partial charge in [-0.3, -0.25) is 24.1 Å². The Morgan fingerprint density at radius 2 is 1.70 bits per heavy atom. The first-order chi connectivity index (χ1) is 12.9. The molecule has 3 amide bonds. The van der Waals surface area contributed by atoms with Gasteiger partial charge >= 0.3 is 5.97 Å². The number of esters is 1. The lowest BCUT2D eigenvalue weighted by molar-refractivity contribution is -0.147. The molecule has 7 nitrogen and oxygen atoms in total. The maximum Gasteiger partial charge on any atom is 0.326 e. The van der Waals surface area contributed by atoms with Crippen LogP contribution in [0.25, 0.3) is 0 Å². The largest absolute Gasteiger partial charge is 0.454 e. The first kappa shape index (κ1) is 18.8. The number of hydrogen-bond acceptors (Lipinski definition) is 5. The molecule has 1 heterocycles. The predicted molar refractivity (Wildman–Crippen MR) is 100 cm³/mol. The summed E-state index contributed by atoms with van der Waals surface area (Å²) in [6, 6.07) is 11.7. The van der Waals surface area contributed by atoms with Gasteiger partial charge in [-0.2, -0.15) is 0 Å². The molecule has 1 aliphatic rings. The van der Waals surface area contributed by atoms with E-state index in [1.54, 1.807) is 24.3 Å². The van der Waals surface area contributed by atoms with Crippen molar-refractivity contribution in [2.45, 2.75) is 6.92 Å². The van der Waals surface area contributed by atoms with Crippen LogP contribution >= 0.6 is 15.9 Å². The predicted octanol–water partition coefficient (Wildman–Crippen LogP) is 2.54. The number of fused-ring (bicyclic) bond motifs is 1. The van der Waals surface area contributed by atoms with Gasteiger partial charge in [0, 0.05) is 10.2 Å². The van der Waals surface area contributed by atoms with E-state index in [1.807, 2.05) is 13.0 Å². The standard InChI is InChI=1S/C19H15BrN2O5/c1-11-8-12(20)6-7-15(11)21-16(23)10-27-17(24)9-22-18(25)13-4-2-3-5-14(13)19(22)26/h2-8H,9-10H2,1H3,(H,21,23). The second kappa shape index (κ2) is 7.71. The Morgan fingerprint density at radius 3 is 2.30 bits per heavy atom. The summed E-state index contributed by atoms with van der Waals surface area (Å²) in [4.78, 5) is 49.1. The van der Waals surface area contributed by atoms with Crippen molar-refractivity contribution in [3.05, 3.63) is 63.6 Å². The van der Waals surface area contributed by atoms with E-state index in [0.29, 0.717) is 5.69 Å². The molecule has 8 heteroatoms. The number of halogens is 1. The van der Waals surface area contributed by atoms with E-state index in [4.69, 9.17) is 4.74 Å². The highest BCUT2D eigenvalue weighted by atomic mass is 79.9. The summed E-state index contributed by atoms with van der Waals surface area (Å²) in [6.45, 7) is 0.767. The fraction of sp³-hybridized carbons (Fsp3) is 0.158. The first-order valence-electron chi connectivity index (χ1n) is 8.03. The zero-order valence-corrected chi connectivity index (χ0v) is 15.9. The molecule has 2 aromatic carbocycles. The molecule has 0 radical (unpaired) electrons. The molecule has 0 saturated heterocycles. The van der Waals surface area contributed by atoms with E-state index in [2.05, 4.69) is 21.2 Å². The number of ether oxygens (including phenoxy) is 1. The lowest BCUT2D eigenvalue weighted by Gasteiger charge is -2.13. The summed E-state index contributed by atoms with van der Waals surface area (Å²) in [7, 11) is 0. The molecule has 0 atom stereocenters. The van der Waals surface area contributed by atoms with Crippen LogP contribution in [0.5, 0.6) is 0 Å². The molecule has 1 N–H and O–H groups in total. The minimum atomic E-state index is -0.841. The van der Waals surface area contributed by atoms with Crippen molar-refractivity contribution >= 4 is 45.3 Å². The number of hydrogen-bond donors (Lipinski definition) is 1. The number of carbonyl (C=O) groups is 4. The highest BCUT2D eigenvalue weighted by molar-refractivity contribution is 9.10. The Labute approximate surface area is 163 Å². The number of imide groups is 1. The minimum Gasteiger partial charge on any atom is -0.454 e. The van der Waals surface area contributed by atoms with Gasteiger partial charge in [0.2, 0.25) is 0 Å². The molecule has 0 bridgehead atoms. The molecular weight excluding hydrogens is 416 g/mol. The van der Waals surface area contributed by atoms with Crippen molar-refractivity contribution in [1.82, 2.24) is 4.90 Å². The maximum absolute atomic E-state index is 12.2. The molecule has 3 rings (SSSR count). The summed E-state index contributed by atoms with van der Waals surface area (Å²) in [5.41, 5.74) is 1.94. The van der Waals surface area contributed by atoms with Crippen molar-refractivity contribution in [2.75, 3.05) is 18.5 Å². The summed E-state index contributed by atoms with van der Waals surface area (Å²) in [5, 5.41) is 2.63. The SMILES string of the molecule is Cc1cc(Br)ccc1NC(=O)COC(=O)CN1C(=O)c2ccccc2C1=O. The van der Waals surface area contributed by atoms with Crippen LogP contribution < -0.4 is 5.32 Å². The Bertz CT molecular complexity index is 922. The van der Waals surface area contributed by atoms with Crippen LogP contribution in [0.4, 0.5) is 5.69 Å². The highest BCUT2D eigenvalue weighted by Crippen LogP contribution is 2.22. The molecular formula is C19H15BrN2O5. The summed E-state index contributed by atoms with van der Waals surface area (Å²) in [6.07, 6.45) is 0. The van der Waals surface area contributed by atoms with Crippen LogP contribution in [0, 0.1) is 6.92 Å². The normalized spacial score (nSPS) is 12.7. The third-order valence-electron chi connectivity index (χ3n) is 3.99. The Kier molecular flexibility index (Phi) is 5.36. The number of nitrogens with zero attached hydrogens (tertiary/aromatic N) is 1. The number of rotatable bonds is 5. The van der Waals surface area contributed by atoms with E-state index >= 15 is 0 Å². The molecule has 0 unspecified atom stereocenters. The Balaban J connectivity index is 1.54. The molecule has 0 aliphatic carbocycles. The van der Waals surface area contributed by atoms with Crippen LogP contribution in [-0.4, -0.2) is 41.7 Å². The quantitative estimate of drug-likeness (QED) is 0.580. The molecule has 0 spiro atoms. The second-order valence-electron chi connectivity index (χ2n) is 5.91. The van der Waals surface area contributed by atoms with Crippen LogP contribution in [0.2, 0.25) is 0 Å². The van der Waals surface area contributed by atoms with Gasteiger partial charge in [0.1, 0.15) is 6.54 Å². The first-order valence-corrected chi connectivity index (χ1v) is 8.83. The third-order valence-corrected chi connectivity index (χ3v) is 4.49. The van der Waals surface area contributed by atoms with Gasteiger partial charge in [-0.1, -0.05) is 28.1 Å². The maximum atomic E-state index is 12.2. The second-order valence-corrected chi connectivity index (χ2v) is 6.83. The number of aryl methyl sites for hydroxylation is 1. The molecule has 138 valence electrons. The van der Waals surface area contributed by atoms with Gasteiger partial charge < -0.3 is 10.1 Å². The molecule has 1 aliphatic heterocycles. The monoisotopic (exact) mass is 430 g/mol. The summed E-state index contributed by atoms with van der Waals surface area (Å²) in [5.74, 6) is -2.46. The van der Waals surface area contributed by atoms with E-state index in [1.165, 1.54) is 12.1 Å². The van der Waals surface area contributed by atoms with E-state index in [-0.39, 0.29) is 11.1 Å². The fourth-order valence-corrected chi connectivity index (χ4v) is 3.13. The number of benzene rings is 2. The Morgan fingerprint density at radius 1 is 1.07 bits per heavy atom. The van der Waals surface area contributed by atoms with Gasteiger partial charge in [-0.15, -0.1) is 0 Å². The van der Waals surface area contributed by atoms with Crippen LogP contribution in [0.3, 0.4) is 0 Å². The van der Waals surface area contributed by atoms with Crippen molar-refractivity contribution in [2.24, 2.45) is 0 Å². The third kappa shape index (κ3) is 4.06. The molecule has 0 fully saturated rings. The van der Waals surface area contributed by atoms with Gasteiger partial charge in [0.05, 0.1) is 11.1 Å². The average molecular weight is 431 g/mol. The topological polar surface area (TPSA) is 92.8 Å². The molecule has 2 aromatic rings. The molecule has 0 aromatic heterocycles. The molecule has 27 heavy (non-hydrogen) atoms. The van der Waals surface area contributed by atoms with Crippen molar-refractivity contribution < 1.29 is 23.9 Å². The van der Waals surface area contributed by atoms with Crippen LogP contribution in [-0.2, 0) is 14.3 Å². The molecule has 0 saturated carbocycles. The number of carbonyl (C=O) groups excluding carboxylic acids is 4. The number of nitrogens with one attached hydrogen (secondary N) is 1. The Hall–Kier alpha value is -3.00. The number of anilines is 1. The zero-order valence-electron chi connectivity index (χ0n) is 14.3. The van der Waals surface area contributed by atoms with Gasteiger partial charge in [0.25, 0.3) is 17.7 Å². The summed E-state index contributed by atoms with van der Waals surface area (Å²) >= 11 is 3.33. The van der Waals surface area contributed by atoms with Crippen molar-refractivity contribution in [3.8, 4) is 0 Å². The zero-order chi connectivity index (χ0) is 19.6. The average Bonchev–Trinajstić information content (AvgIpc) is 2.88. The number of amides is 3. The van der Waals surface area contributed by atoms with Crippen LogP contribution in [0.1, 0.15) is 26.3 Å². The van der Waals surface area contributed by atoms with Gasteiger partial charge in [-0.05, 0) is 42.8 Å². The van der Waals surface area contributed by atoms with Crippen molar-refractivity contribution in [1.29, 1.82) is 0 Å². The lowest BCUT2D eigenvalue weighted by atomic mass is 10.1. The van der Waals surface area contributed by atoms with Gasteiger partial charge in [-0.25, -0.2) is 0 Å². The van der Waals surface area contributed by atoms with Gasteiger partial charge in [0.15, 0.2) is 6.61 Å². The lowest BCUT2D eigenvalue weighted by Crippen LogP contribution is -2.36. The van der Waals surface area contributed by atoms with E-state index in [9.17, 15) is 19.2 Å². The van der Waals surface area contributed by atoms with E-state index < -0.39 is 36.8 Å². The fourth-order valence-electron chi connectivity index (χ4n) is 2.66.